The second kappa shape index (κ2) is 13.5. The fraction of sp³-hybridized carbons (Fsp3) is 0.741. The van der Waals surface area contributed by atoms with Gasteiger partial charge in [0.25, 0.3) is 0 Å². The van der Waals surface area contributed by atoms with Crippen molar-refractivity contribution in [3.63, 3.8) is 0 Å². The molecule has 1 aromatic rings. The maximum absolute atomic E-state index is 13.2. The van der Waals surface area contributed by atoms with Gasteiger partial charge in [0.15, 0.2) is 0 Å². The molecule has 1 aliphatic heterocycles. The quantitative estimate of drug-likeness (QED) is 0.399. The van der Waals surface area contributed by atoms with Gasteiger partial charge in [0.05, 0.1) is 18.1 Å². The van der Waals surface area contributed by atoms with Gasteiger partial charge < -0.3 is 19.3 Å². The van der Waals surface area contributed by atoms with Crippen LogP contribution < -0.4 is 0 Å². The molecule has 0 aromatic heterocycles. The van der Waals surface area contributed by atoms with Gasteiger partial charge in [-0.05, 0) is 63.3 Å². The zero-order chi connectivity index (χ0) is 27.2. The lowest BCUT2D eigenvalue weighted by molar-refractivity contribution is -0.138. The molecule has 1 aromatic carbocycles. The molecular weight excluding hydrogens is 492 g/mol. The molecule has 37 heavy (non-hydrogen) atoms. The van der Waals surface area contributed by atoms with Crippen LogP contribution in [-0.4, -0.2) is 120 Å². The van der Waals surface area contributed by atoms with E-state index in [0.29, 0.717) is 28.7 Å². The average molecular weight is 539 g/mol. The standard InChI is InChI=1S/C27H46N4O5S/c1-21-16-23(19-35-6)17-22(2)27(21)37(33,34)29(4)14-15-36-20-26(32)30(5)24-8-7-9-25(18-24)31-12-10-28(3)11-13-31/h16-17,24-25H,7-15,18-20H2,1-6H3/t24-,25-/m1/s1. The Balaban J connectivity index is 1.47. The lowest BCUT2D eigenvalue weighted by atomic mass is 9.88. The number of nitrogens with zero attached hydrogens (tertiary/aromatic N) is 4. The van der Waals surface area contributed by atoms with Gasteiger partial charge in [-0.25, -0.2) is 8.42 Å². The highest BCUT2D eigenvalue weighted by molar-refractivity contribution is 7.89. The summed E-state index contributed by atoms with van der Waals surface area (Å²) < 4.78 is 38.6. The second-order valence-corrected chi connectivity index (χ2v) is 12.7. The summed E-state index contributed by atoms with van der Waals surface area (Å²) in [6, 6.07) is 4.46. The minimum absolute atomic E-state index is 0.0379. The average Bonchev–Trinajstić information content (AvgIpc) is 2.86. The van der Waals surface area contributed by atoms with Crippen LogP contribution in [0.4, 0.5) is 0 Å². The molecule has 1 aliphatic carbocycles. The largest absolute Gasteiger partial charge is 0.380 e. The summed E-state index contributed by atoms with van der Waals surface area (Å²) in [5.41, 5.74) is 2.33. The Morgan fingerprint density at radius 2 is 1.73 bits per heavy atom. The van der Waals surface area contributed by atoms with E-state index in [2.05, 4.69) is 16.8 Å². The molecule has 0 unspecified atom stereocenters. The van der Waals surface area contributed by atoms with Crippen LogP contribution in [0, 0.1) is 13.8 Å². The monoisotopic (exact) mass is 538 g/mol. The van der Waals surface area contributed by atoms with Crippen LogP contribution in [-0.2, 0) is 30.9 Å². The summed E-state index contributed by atoms with van der Waals surface area (Å²) in [5.74, 6) is -0.0463. The second-order valence-electron chi connectivity index (χ2n) is 10.7. The molecule has 10 heteroatoms. The third kappa shape index (κ3) is 7.74. The maximum Gasteiger partial charge on any atom is 0.248 e. The van der Waals surface area contributed by atoms with Crippen molar-refractivity contribution in [2.75, 3.05) is 74.2 Å². The number of amides is 1. The van der Waals surface area contributed by atoms with Gasteiger partial charge in [0.1, 0.15) is 6.61 Å². The lowest BCUT2D eigenvalue weighted by Crippen LogP contribution is -2.52. The van der Waals surface area contributed by atoms with Gasteiger partial charge in [-0.1, -0.05) is 12.1 Å². The molecule has 1 saturated carbocycles. The SMILES string of the molecule is COCc1cc(C)c(S(=O)(=O)N(C)CCOCC(=O)N(C)[C@@H]2CCC[C@@H](N3CCN(C)CC3)C2)c(C)c1. The summed E-state index contributed by atoms with van der Waals surface area (Å²) in [4.78, 5) is 20.0. The fourth-order valence-corrected chi connectivity index (χ4v) is 7.20. The van der Waals surface area contributed by atoms with Gasteiger partial charge in [-0.2, -0.15) is 4.31 Å². The van der Waals surface area contributed by atoms with E-state index >= 15 is 0 Å². The van der Waals surface area contributed by atoms with Crippen LogP contribution in [0.15, 0.2) is 17.0 Å². The number of sulfonamides is 1. The van der Waals surface area contributed by atoms with Crippen molar-refractivity contribution in [1.29, 1.82) is 0 Å². The number of benzene rings is 1. The van der Waals surface area contributed by atoms with Crippen molar-refractivity contribution in [3.8, 4) is 0 Å². The predicted octanol–water partition coefficient (Wildman–Crippen LogP) is 2.10. The molecule has 2 atom stereocenters. The van der Waals surface area contributed by atoms with Gasteiger partial charge in [0.2, 0.25) is 15.9 Å². The Morgan fingerprint density at radius 1 is 1.08 bits per heavy atom. The minimum atomic E-state index is -3.68. The summed E-state index contributed by atoms with van der Waals surface area (Å²) >= 11 is 0. The van der Waals surface area contributed by atoms with E-state index in [9.17, 15) is 13.2 Å². The molecule has 2 fully saturated rings. The van der Waals surface area contributed by atoms with Crippen molar-refractivity contribution in [1.82, 2.24) is 19.0 Å². The minimum Gasteiger partial charge on any atom is -0.380 e. The normalized spacial score (nSPS) is 21.9. The van der Waals surface area contributed by atoms with Crippen molar-refractivity contribution in [2.24, 2.45) is 0 Å². The Labute approximate surface area is 223 Å². The summed E-state index contributed by atoms with van der Waals surface area (Å²) in [6.45, 7) is 8.74. The van der Waals surface area contributed by atoms with Crippen LogP contribution >= 0.6 is 0 Å². The molecule has 0 N–H and O–H groups in total. The first-order chi connectivity index (χ1) is 17.5. The molecule has 0 radical (unpaired) electrons. The highest BCUT2D eigenvalue weighted by atomic mass is 32.2. The topological polar surface area (TPSA) is 82.6 Å². The number of carbonyl (C=O) groups is 1. The number of carbonyl (C=O) groups excluding carboxylic acids is 1. The first kappa shape index (κ1) is 30.0. The van der Waals surface area contributed by atoms with E-state index in [-0.39, 0.29) is 31.7 Å². The van der Waals surface area contributed by atoms with Crippen molar-refractivity contribution < 1.29 is 22.7 Å². The van der Waals surface area contributed by atoms with Crippen LogP contribution in [0.1, 0.15) is 42.4 Å². The van der Waals surface area contributed by atoms with Crippen LogP contribution in [0.5, 0.6) is 0 Å². The van der Waals surface area contributed by atoms with E-state index in [4.69, 9.17) is 9.47 Å². The zero-order valence-corrected chi connectivity index (χ0v) is 24.3. The highest BCUT2D eigenvalue weighted by Crippen LogP contribution is 2.27. The summed E-state index contributed by atoms with van der Waals surface area (Å²) in [5, 5.41) is 0. The maximum atomic E-state index is 13.2. The number of aryl methyl sites for hydroxylation is 2. The first-order valence-corrected chi connectivity index (χ1v) is 14.8. The van der Waals surface area contributed by atoms with E-state index in [0.717, 1.165) is 51.0 Å². The Morgan fingerprint density at radius 3 is 2.35 bits per heavy atom. The van der Waals surface area contributed by atoms with Crippen LogP contribution in [0.3, 0.4) is 0 Å². The molecule has 2 aliphatic rings. The molecular formula is C27H46N4O5S. The molecule has 9 nitrogen and oxygen atoms in total. The number of methoxy groups -OCH3 is 1. The Bertz CT molecular complexity index is 987. The van der Waals surface area contributed by atoms with Crippen LogP contribution in [0.25, 0.3) is 0 Å². The zero-order valence-electron chi connectivity index (χ0n) is 23.5. The van der Waals surface area contributed by atoms with Gasteiger partial charge in [0, 0.05) is 66.0 Å². The number of hydrogen-bond donors (Lipinski definition) is 0. The lowest BCUT2D eigenvalue weighted by Gasteiger charge is -2.43. The third-order valence-electron chi connectivity index (χ3n) is 7.89. The summed E-state index contributed by atoms with van der Waals surface area (Å²) in [7, 11) is 3.53. The van der Waals surface area contributed by atoms with Gasteiger partial charge in [-0.3, -0.25) is 9.69 Å². The summed E-state index contributed by atoms with van der Waals surface area (Å²) in [6.07, 6.45) is 4.37. The van der Waals surface area contributed by atoms with Crippen LogP contribution in [0.2, 0.25) is 0 Å². The molecule has 1 saturated heterocycles. The molecule has 0 spiro atoms. The van der Waals surface area contributed by atoms with Gasteiger partial charge >= 0.3 is 0 Å². The predicted molar refractivity (Wildman–Crippen MR) is 145 cm³/mol. The van der Waals surface area contributed by atoms with E-state index < -0.39 is 10.0 Å². The number of piperazine rings is 1. The fourth-order valence-electron chi connectivity index (χ4n) is 5.64. The van der Waals surface area contributed by atoms with Gasteiger partial charge in [-0.15, -0.1) is 0 Å². The Hall–Kier alpha value is -1.56. The number of ether oxygens (including phenoxy) is 2. The molecule has 1 heterocycles. The van der Waals surface area contributed by atoms with E-state index in [1.807, 2.05) is 24.1 Å². The number of rotatable bonds is 11. The number of likely N-dealkylation sites (N-methyl/N-ethyl adjacent to an activating group) is 3. The van der Waals surface area contributed by atoms with E-state index in [1.165, 1.54) is 10.7 Å². The molecule has 3 rings (SSSR count). The Kier molecular flexibility index (Phi) is 10.9. The highest BCUT2D eigenvalue weighted by Gasteiger charge is 2.32. The third-order valence-corrected chi connectivity index (χ3v) is 10.1. The van der Waals surface area contributed by atoms with Crippen molar-refractivity contribution in [2.45, 2.75) is 63.1 Å². The van der Waals surface area contributed by atoms with Crippen molar-refractivity contribution in [3.05, 3.63) is 28.8 Å². The van der Waals surface area contributed by atoms with Crippen molar-refractivity contribution >= 4 is 15.9 Å². The molecule has 0 bridgehead atoms. The van der Waals surface area contributed by atoms with E-state index in [1.54, 1.807) is 28.0 Å². The first-order valence-electron chi connectivity index (χ1n) is 13.4. The molecule has 210 valence electrons. The number of hydrogen-bond acceptors (Lipinski definition) is 7. The smallest absolute Gasteiger partial charge is 0.248 e. The molecule has 1 amide bonds.